The minimum atomic E-state index is 0.0883. The SMILES string of the molecule is C=C1C=c2c([nH]c3c(ccc4cc(C)c(C)c(C)c43)c2=O)=CC1. The van der Waals surface area contributed by atoms with Crippen molar-refractivity contribution < 1.29 is 0 Å². The summed E-state index contributed by atoms with van der Waals surface area (Å²) < 4.78 is 0. The Labute approximate surface area is 134 Å². The molecule has 0 bridgehead atoms. The number of hydrogen-bond donors (Lipinski definition) is 1. The van der Waals surface area contributed by atoms with E-state index in [9.17, 15) is 4.79 Å². The third kappa shape index (κ3) is 1.91. The van der Waals surface area contributed by atoms with Crippen LogP contribution in [0.5, 0.6) is 0 Å². The Bertz CT molecular complexity index is 1190. The predicted octanol–water partition coefficient (Wildman–Crippen LogP) is 3.13. The lowest BCUT2D eigenvalue weighted by molar-refractivity contribution is 1.21. The number of pyridine rings is 1. The molecule has 23 heavy (non-hydrogen) atoms. The highest BCUT2D eigenvalue weighted by molar-refractivity contribution is 6.07. The first kappa shape index (κ1) is 14.0. The van der Waals surface area contributed by atoms with E-state index in [0.717, 1.165) is 38.9 Å². The summed E-state index contributed by atoms with van der Waals surface area (Å²) >= 11 is 0. The van der Waals surface area contributed by atoms with Gasteiger partial charge >= 0.3 is 0 Å². The number of rotatable bonds is 0. The van der Waals surface area contributed by atoms with E-state index in [0.29, 0.717) is 0 Å². The first-order valence-corrected chi connectivity index (χ1v) is 7.92. The van der Waals surface area contributed by atoms with Crippen molar-refractivity contribution in [3.63, 3.8) is 0 Å². The van der Waals surface area contributed by atoms with E-state index in [1.807, 2.05) is 12.1 Å². The van der Waals surface area contributed by atoms with Crippen LogP contribution in [0.3, 0.4) is 0 Å². The first-order chi connectivity index (χ1) is 11.0. The largest absolute Gasteiger partial charge is 0.354 e. The molecule has 2 aromatic carbocycles. The van der Waals surface area contributed by atoms with Gasteiger partial charge in [-0.3, -0.25) is 4.79 Å². The molecule has 0 saturated carbocycles. The lowest BCUT2D eigenvalue weighted by atomic mass is 9.94. The average Bonchev–Trinajstić information content (AvgIpc) is 2.53. The van der Waals surface area contributed by atoms with Crippen molar-refractivity contribution in [2.45, 2.75) is 27.2 Å². The van der Waals surface area contributed by atoms with Crippen LogP contribution in [-0.2, 0) is 0 Å². The fourth-order valence-electron chi connectivity index (χ4n) is 3.56. The van der Waals surface area contributed by atoms with Crippen molar-refractivity contribution in [2.75, 3.05) is 0 Å². The van der Waals surface area contributed by atoms with Gasteiger partial charge in [-0.25, -0.2) is 0 Å². The second-order valence-electron chi connectivity index (χ2n) is 6.52. The second-order valence-corrected chi connectivity index (χ2v) is 6.52. The number of aromatic amines is 1. The molecule has 0 aliphatic heterocycles. The molecule has 4 rings (SSSR count). The van der Waals surface area contributed by atoms with Gasteiger partial charge in [-0.05, 0) is 61.4 Å². The maximum absolute atomic E-state index is 12.9. The molecule has 0 amide bonds. The van der Waals surface area contributed by atoms with Gasteiger partial charge in [0.25, 0.3) is 0 Å². The van der Waals surface area contributed by atoms with Crippen molar-refractivity contribution in [1.29, 1.82) is 0 Å². The van der Waals surface area contributed by atoms with Crippen molar-refractivity contribution in [3.05, 3.63) is 67.8 Å². The first-order valence-electron chi connectivity index (χ1n) is 7.92. The Morgan fingerprint density at radius 2 is 1.91 bits per heavy atom. The Balaban J connectivity index is 2.32. The van der Waals surface area contributed by atoms with Crippen molar-refractivity contribution >= 4 is 33.8 Å². The number of aromatic nitrogens is 1. The summed E-state index contributed by atoms with van der Waals surface area (Å²) in [4.78, 5) is 16.4. The molecule has 0 atom stereocenters. The van der Waals surface area contributed by atoms with Crippen LogP contribution in [0, 0.1) is 20.8 Å². The van der Waals surface area contributed by atoms with Crippen LogP contribution < -0.4 is 16.0 Å². The second kappa shape index (κ2) is 4.69. The molecule has 3 aromatic rings. The van der Waals surface area contributed by atoms with Crippen LogP contribution in [-0.4, -0.2) is 4.98 Å². The zero-order valence-corrected chi connectivity index (χ0v) is 13.7. The fourth-order valence-corrected chi connectivity index (χ4v) is 3.56. The maximum atomic E-state index is 12.9. The van der Waals surface area contributed by atoms with Gasteiger partial charge < -0.3 is 4.98 Å². The Morgan fingerprint density at radius 3 is 2.70 bits per heavy atom. The molecule has 114 valence electrons. The van der Waals surface area contributed by atoms with Crippen LogP contribution in [0.15, 0.2) is 35.1 Å². The van der Waals surface area contributed by atoms with E-state index < -0.39 is 0 Å². The van der Waals surface area contributed by atoms with E-state index in [4.69, 9.17) is 0 Å². The third-order valence-electron chi connectivity index (χ3n) is 5.09. The lowest BCUT2D eigenvalue weighted by Crippen LogP contribution is -2.42. The van der Waals surface area contributed by atoms with Crippen LogP contribution >= 0.6 is 0 Å². The minimum absolute atomic E-state index is 0.0883. The topological polar surface area (TPSA) is 32.9 Å². The molecule has 2 nitrogen and oxygen atoms in total. The van der Waals surface area contributed by atoms with E-state index in [1.54, 1.807) is 0 Å². The highest BCUT2D eigenvalue weighted by Gasteiger charge is 2.12. The fraction of sp³-hybridized carbons (Fsp3) is 0.190. The molecule has 1 aliphatic rings. The highest BCUT2D eigenvalue weighted by atomic mass is 16.1. The van der Waals surface area contributed by atoms with Gasteiger partial charge in [-0.1, -0.05) is 30.4 Å². The maximum Gasteiger partial charge on any atom is 0.197 e. The monoisotopic (exact) mass is 301 g/mol. The third-order valence-corrected chi connectivity index (χ3v) is 5.09. The molecule has 1 N–H and O–H groups in total. The summed E-state index contributed by atoms with van der Waals surface area (Å²) in [5.41, 5.74) is 5.82. The van der Waals surface area contributed by atoms with Crippen molar-refractivity contribution in [1.82, 2.24) is 4.98 Å². The predicted molar refractivity (Wildman–Crippen MR) is 98.2 cm³/mol. The normalized spacial score (nSPS) is 13.8. The van der Waals surface area contributed by atoms with Gasteiger partial charge in [0.05, 0.1) is 5.52 Å². The van der Waals surface area contributed by atoms with Crippen LogP contribution in [0.2, 0.25) is 0 Å². The number of aryl methyl sites for hydroxylation is 2. The molecular weight excluding hydrogens is 282 g/mol. The number of benzene rings is 2. The van der Waals surface area contributed by atoms with E-state index >= 15 is 0 Å². The van der Waals surface area contributed by atoms with Gasteiger partial charge in [-0.2, -0.15) is 0 Å². The molecule has 1 heterocycles. The Hall–Kier alpha value is -2.61. The molecule has 0 saturated heterocycles. The molecule has 0 spiro atoms. The van der Waals surface area contributed by atoms with Gasteiger partial charge in [0.1, 0.15) is 0 Å². The minimum Gasteiger partial charge on any atom is -0.354 e. The van der Waals surface area contributed by atoms with Gasteiger partial charge in [0.2, 0.25) is 0 Å². The van der Waals surface area contributed by atoms with Gasteiger partial charge in [0, 0.05) is 21.3 Å². The Kier molecular flexibility index (Phi) is 2.86. The van der Waals surface area contributed by atoms with Crippen LogP contribution in [0.4, 0.5) is 0 Å². The Morgan fingerprint density at radius 1 is 1.13 bits per heavy atom. The summed E-state index contributed by atoms with van der Waals surface area (Å²) in [5.74, 6) is 0. The van der Waals surface area contributed by atoms with Crippen LogP contribution in [0.25, 0.3) is 33.8 Å². The van der Waals surface area contributed by atoms with E-state index in [2.05, 4.69) is 50.5 Å². The highest BCUT2D eigenvalue weighted by Crippen LogP contribution is 2.28. The molecule has 0 unspecified atom stereocenters. The quantitative estimate of drug-likeness (QED) is 0.636. The smallest absolute Gasteiger partial charge is 0.197 e. The van der Waals surface area contributed by atoms with Gasteiger partial charge in [-0.15, -0.1) is 0 Å². The molecule has 1 aromatic heterocycles. The number of H-pyrrole nitrogens is 1. The van der Waals surface area contributed by atoms with Crippen molar-refractivity contribution in [2.24, 2.45) is 0 Å². The summed E-state index contributed by atoms with van der Waals surface area (Å²) in [6, 6.07) is 6.20. The number of hydrogen-bond acceptors (Lipinski definition) is 1. The van der Waals surface area contributed by atoms with Crippen LogP contribution in [0.1, 0.15) is 23.1 Å². The molecule has 0 fully saturated rings. The number of fused-ring (bicyclic) bond motifs is 4. The number of allylic oxidation sites excluding steroid dienone is 1. The molecule has 0 radical (unpaired) electrons. The average molecular weight is 301 g/mol. The van der Waals surface area contributed by atoms with Crippen molar-refractivity contribution in [3.8, 4) is 0 Å². The molecule has 2 heteroatoms. The van der Waals surface area contributed by atoms with E-state index in [1.165, 1.54) is 22.1 Å². The van der Waals surface area contributed by atoms with Gasteiger partial charge in [0.15, 0.2) is 5.43 Å². The van der Waals surface area contributed by atoms with E-state index in [-0.39, 0.29) is 5.43 Å². The molecular formula is C21H19NO. The molecule has 1 aliphatic carbocycles. The summed E-state index contributed by atoms with van der Waals surface area (Å²) in [7, 11) is 0. The summed E-state index contributed by atoms with van der Waals surface area (Å²) in [5, 5.41) is 4.73. The summed E-state index contributed by atoms with van der Waals surface area (Å²) in [6.07, 6.45) is 4.76. The summed E-state index contributed by atoms with van der Waals surface area (Å²) in [6.45, 7) is 10.4. The zero-order valence-electron chi connectivity index (χ0n) is 13.7. The number of nitrogens with one attached hydrogen (secondary N) is 1. The lowest BCUT2D eigenvalue weighted by Gasteiger charge is -2.13. The standard InChI is InChI=1S/C21H19NO/c1-11-5-8-18-17(9-11)21(23)16-7-6-15-10-12(2)13(3)14(4)19(15)20(16)22-18/h6-10,22H,1,5H2,2-4H3. The zero-order chi connectivity index (χ0) is 16.3.